The van der Waals surface area contributed by atoms with E-state index in [-0.39, 0.29) is 11.9 Å². The molecule has 0 fully saturated rings. The summed E-state index contributed by atoms with van der Waals surface area (Å²) >= 11 is 0. The van der Waals surface area contributed by atoms with Crippen molar-refractivity contribution < 1.29 is 4.79 Å². The molecule has 1 rings (SSSR count). The number of aromatic nitrogens is 2. The fourth-order valence-electron chi connectivity index (χ4n) is 1.61. The van der Waals surface area contributed by atoms with E-state index >= 15 is 0 Å². The van der Waals surface area contributed by atoms with Crippen LogP contribution in [0.25, 0.3) is 0 Å². The summed E-state index contributed by atoms with van der Waals surface area (Å²) in [6.07, 6.45) is 3.25. The van der Waals surface area contributed by atoms with Gasteiger partial charge in [-0.3, -0.25) is 4.79 Å². The van der Waals surface area contributed by atoms with Crippen LogP contribution in [-0.2, 0) is 0 Å². The molecule has 0 aliphatic heterocycles. The van der Waals surface area contributed by atoms with Gasteiger partial charge < -0.3 is 10.6 Å². The average molecular weight is 250 g/mol. The molecular formula is C13H22N4O. The van der Waals surface area contributed by atoms with Crippen molar-refractivity contribution >= 4 is 11.7 Å². The second-order valence-electron chi connectivity index (χ2n) is 4.35. The molecule has 1 aromatic rings. The minimum atomic E-state index is -0.158. The number of amides is 1. The van der Waals surface area contributed by atoms with E-state index in [1.54, 1.807) is 12.1 Å². The number of anilines is 1. The predicted octanol–water partition coefficient (Wildman–Crippen LogP) is 2.22. The monoisotopic (exact) mass is 250 g/mol. The van der Waals surface area contributed by atoms with Crippen molar-refractivity contribution in [2.75, 3.05) is 11.9 Å². The van der Waals surface area contributed by atoms with E-state index in [0.717, 1.165) is 25.8 Å². The summed E-state index contributed by atoms with van der Waals surface area (Å²) < 4.78 is 0. The van der Waals surface area contributed by atoms with Gasteiger partial charge in [-0.1, -0.05) is 19.8 Å². The molecule has 100 valence electrons. The third kappa shape index (κ3) is 4.69. The normalized spacial score (nSPS) is 11.9. The molecule has 0 aliphatic rings. The lowest BCUT2D eigenvalue weighted by molar-refractivity contribution is 0.0932. The first-order valence-electron chi connectivity index (χ1n) is 6.55. The summed E-state index contributed by atoms with van der Waals surface area (Å²) in [6, 6.07) is 3.63. The zero-order chi connectivity index (χ0) is 13.4. The van der Waals surface area contributed by atoms with Gasteiger partial charge in [-0.25, -0.2) is 0 Å². The molecule has 1 atom stereocenters. The van der Waals surface area contributed by atoms with Gasteiger partial charge in [0.15, 0.2) is 5.69 Å². The summed E-state index contributed by atoms with van der Waals surface area (Å²) in [6.45, 7) is 6.92. The molecule has 0 bridgehead atoms. The SMILES string of the molecule is CCCCC(C)NC(=O)c1ccc(NCC)nn1. The fraction of sp³-hybridized carbons (Fsp3) is 0.615. The van der Waals surface area contributed by atoms with Gasteiger partial charge in [-0.05, 0) is 32.4 Å². The highest BCUT2D eigenvalue weighted by molar-refractivity contribution is 5.92. The lowest BCUT2D eigenvalue weighted by atomic mass is 10.1. The van der Waals surface area contributed by atoms with Crippen molar-refractivity contribution in [2.24, 2.45) is 0 Å². The summed E-state index contributed by atoms with van der Waals surface area (Å²) in [5.41, 5.74) is 0.361. The first-order valence-corrected chi connectivity index (χ1v) is 6.55. The number of rotatable bonds is 7. The van der Waals surface area contributed by atoms with Gasteiger partial charge in [0.2, 0.25) is 0 Å². The maximum Gasteiger partial charge on any atom is 0.272 e. The van der Waals surface area contributed by atoms with Gasteiger partial charge >= 0.3 is 0 Å². The highest BCUT2D eigenvalue weighted by atomic mass is 16.2. The van der Waals surface area contributed by atoms with Crippen LogP contribution in [0.15, 0.2) is 12.1 Å². The van der Waals surface area contributed by atoms with Crippen molar-refractivity contribution in [2.45, 2.75) is 46.1 Å². The van der Waals surface area contributed by atoms with E-state index in [1.165, 1.54) is 0 Å². The highest BCUT2D eigenvalue weighted by Gasteiger charge is 2.11. The van der Waals surface area contributed by atoms with Crippen molar-refractivity contribution in [3.63, 3.8) is 0 Å². The van der Waals surface area contributed by atoms with Crippen LogP contribution in [0, 0.1) is 0 Å². The Morgan fingerprint density at radius 1 is 1.33 bits per heavy atom. The molecule has 0 radical (unpaired) electrons. The molecule has 0 aliphatic carbocycles. The third-order valence-electron chi connectivity index (χ3n) is 2.62. The molecule has 0 aromatic carbocycles. The number of nitrogens with one attached hydrogen (secondary N) is 2. The molecule has 0 spiro atoms. The van der Waals surface area contributed by atoms with Crippen molar-refractivity contribution in [3.05, 3.63) is 17.8 Å². The summed E-state index contributed by atoms with van der Waals surface area (Å²) in [5.74, 6) is 0.530. The first kappa shape index (κ1) is 14.4. The molecule has 5 heteroatoms. The van der Waals surface area contributed by atoms with Gasteiger partial charge in [0.25, 0.3) is 5.91 Å². The summed E-state index contributed by atoms with van der Waals surface area (Å²) in [7, 11) is 0. The zero-order valence-electron chi connectivity index (χ0n) is 11.4. The molecule has 1 amide bonds. The van der Waals surface area contributed by atoms with Gasteiger partial charge in [0.1, 0.15) is 5.82 Å². The Balaban J connectivity index is 2.50. The second-order valence-corrected chi connectivity index (χ2v) is 4.35. The number of hydrogen-bond acceptors (Lipinski definition) is 4. The Morgan fingerprint density at radius 3 is 2.67 bits per heavy atom. The zero-order valence-corrected chi connectivity index (χ0v) is 11.4. The Morgan fingerprint density at radius 2 is 2.11 bits per heavy atom. The van der Waals surface area contributed by atoms with Gasteiger partial charge in [-0.2, -0.15) is 0 Å². The molecular weight excluding hydrogens is 228 g/mol. The molecule has 0 saturated carbocycles. The van der Waals surface area contributed by atoms with Gasteiger partial charge in [-0.15, -0.1) is 10.2 Å². The highest BCUT2D eigenvalue weighted by Crippen LogP contribution is 2.04. The van der Waals surface area contributed by atoms with Crippen LogP contribution in [0.4, 0.5) is 5.82 Å². The van der Waals surface area contributed by atoms with Crippen LogP contribution in [0.1, 0.15) is 50.5 Å². The molecule has 5 nitrogen and oxygen atoms in total. The Bertz CT molecular complexity index is 364. The molecule has 1 unspecified atom stereocenters. The van der Waals surface area contributed by atoms with E-state index in [0.29, 0.717) is 11.5 Å². The maximum atomic E-state index is 11.9. The van der Waals surface area contributed by atoms with Crippen LogP contribution in [0.2, 0.25) is 0 Å². The minimum absolute atomic E-state index is 0.158. The predicted molar refractivity (Wildman–Crippen MR) is 72.6 cm³/mol. The van der Waals surface area contributed by atoms with Crippen molar-refractivity contribution in [3.8, 4) is 0 Å². The lowest BCUT2D eigenvalue weighted by Gasteiger charge is -2.12. The Kier molecular flexibility index (Phi) is 6.11. The van der Waals surface area contributed by atoms with E-state index in [9.17, 15) is 4.79 Å². The number of carbonyl (C=O) groups excluding carboxylic acids is 1. The first-order chi connectivity index (χ1) is 8.67. The van der Waals surface area contributed by atoms with E-state index < -0.39 is 0 Å². The molecule has 1 aromatic heterocycles. The standard InChI is InChI=1S/C13H22N4O/c1-4-6-7-10(3)15-13(18)11-8-9-12(14-5-2)17-16-11/h8-10H,4-7H2,1-3H3,(H,14,17)(H,15,18). The van der Waals surface area contributed by atoms with E-state index in [2.05, 4.69) is 27.8 Å². The summed E-state index contributed by atoms with van der Waals surface area (Å²) in [4.78, 5) is 11.9. The number of unbranched alkanes of at least 4 members (excludes halogenated alkanes) is 1. The maximum absolute atomic E-state index is 11.9. The van der Waals surface area contributed by atoms with Crippen molar-refractivity contribution in [1.29, 1.82) is 0 Å². The Labute approximate surface area is 108 Å². The molecule has 2 N–H and O–H groups in total. The molecule has 0 saturated heterocycles. The number of carbonyl (C=O) groups is 1. The molecule has 1 heterocycles. The smallest absolute Gasteiger partial charge is 0.272 e. The molecule has 18 heavy (non-hydrogen) atoms. The Hall–Kier alpha value is -1.65. The topological polar surface area (TPSA) is 66.9 Å². The van der Waals surface area contributed by atoms with Crippen LogP contribution < -0.4 is 10.6 Å². The van der Waals surface area contributed by atoms with E-state index in [4.69, 9.17) is 0 Å². The van der Waals surface area contributed by atoms with Crippen LogP contribution in [-0.4, -0.2) is 28.7 Å². The summed E-state index contributed by atoms with van der Waals surface area (Å²) in [5, 5.41) is 13.8. The minimum Gasteiger partial charge on any atom is -0.369 e. The van der Waals surface area contributed by atoms with Crippen molar-refractivity contribution in [1.82, 2.24) is 15.5 Å². The number of nitrogens with zero attached hydrogens (tertiary/aromatic N) is 2. The van der Waals surface area contributed by atoms with E-state index in [1.807, 2.05) is 13.8 Å². The van der Waals surface area contributed by atoms with Crippen LogP contribution in [0.3, 0.4) is 0 Å². The van der Waals surface area contributed by atoms with Gasteiger partial charge in [0.05, 0.1) is 0 Å². The second kappa shape index (κ2) is 7.63. The number of hydrogen-bond donors (Lipinski definition) is 2. The largest absolute Gasteiger partial charge is 0.369 e. The van der Waals surface area contributed by atoms with Gasteiger partial charge in [0, 0.05) is 12.6 Å². The quantitative estimate of drug-likeness (QED) is 0.778. The lowest BCUT2D eigenvalue weighted by Crippen LogP contribution is -2.33. The van der Waals surface area contributed by atoms with Crippen LogP contribution >= 0.6 is 0 Å². The van der Waals surface area contributed by atoms with Crippen LogP contribution in [0.5, 0.6) is 0 Å². The fourth-order valence-corrected chi connectivity index (χ4v) is 1.61. The third-order valence-corrected chi connectivity index (χ3v) is 2.62. The average Bonchev–Trinajstić information content (AvgIpc) is 2.37.